The molecule has 0 spiro atoms. The molecule has 1 aliphatic rings. The van der Waals surface area contributed by atoms with Crippen LogP contribution in [0.5, 0.6) is 0 Å². The molecule has 1 aromatic heterocycles. The molecule has 1 atom stereocenters. The molecule has 0 saturated heterocycles. The summed E-state index contributed by atoms with van der Waals surface area (Å²) in [6.45, 7) is 4.90. The molecule has 0 aliphatic heterocycles. The number of carbonyl (C=O) groups is 1. The van der Waals surface area contributed by atoms with Crippen LogP contribution in [0.15, 0.2) is 5.38 Å². The van der Waals surface area contributed by atoms with Crippen molar-refractivity contribution in [3.63, 3.8) is 0 Å². The van der Waals surface area contributed by atoms with Crippen molar-refractivity contribution in [2.24, 2.45) is 0 Å². The number of carbonyl (C=O) groups excluding carboxylic acids is 1. The summed E-state index contributed by atoms with van der Waals surface area (Å²) in [5.41, 5.74) is 0.0847. The number of amides is 1. The van der Waals surface area contributed by atoms with Crippen molar-refractivity contribution >= 4 is 17.2 Å². The Kier molecular flexibility index (Phi) is 5.12. The summed E-state index contributed by atoms with van der Waals surface area (Å²) in [6.07, 6.45) is 2.82. The Morgan fingerprint density at radius 1 is 1.65 bits per heavy atom. The van der Waals surface area contributed by atoms with E-state index in [2.05, 4.69) is 10.3 Å². The van der Waals surface area contributed by atoms with Crippen molar-refractivity contribution < 1.29 is 14.6 Å². The lowest BCUT2D eigenvalue weighted by atomic mass is 9.80. The third kappa shape index (κ3) is 4.01. The Hall–Kier alpha value is -0.980. The average molecular weight is 298 g/mol. The quantitative estimate of drug-likeness (QED) is 0.805. The maximum Gasteiger partial charge on any atom is 0.226 e. The van der Waals surface area contributed by atoms with E-state index in [1.165, 1.54) is 11.3 Å². The summed E-state index contributed by atoms with van der Waals surface area (Å²) in [5, 5.41) is 15.5. The maximum atomic E-state index is 11.8. The number of nitrogens with zero attached hydrogens (tertiary/aromatic N) is 1. The van der Waals surface area contributed by atoms with Crippen molar-refractivity contribution in [2.75, 3.05) is 13.2 Å². The predicted molar refractivity (Wildman–Crippen MR) is 77.7 cm³/mol. The van der Waals surface area contributed by atoms with Crippen LogP contribution in [0.2, 0.25) is 0 Å². The normalized spacial score (nSPS) is 18.4. The van der Waals surface area contributed by atoms with Crippen LogP contribution >= 0.6 is 11.3 Å². The minimum atomic E-state index is -0.674. The van der Waals surface area contributed by atoms with Gasteiger partial charge in [-0.3, -0.25) is 4.79 Å². The second kappa shape index (κ2) is 6.65. The number of hydrogen-bond acceptors (Lipinski definition) is 5. The van der Waals surface area contributed by atoms with E-state index in [0.717, 1.165) is 30.0 Å². The lowest BCUT2D eigenvalue weighted by Gasteiger charge is -2.36. The predicted octanol–water partition coefficient (Wildman–Crippen LogP) is 1.81. The third-order valence-electron chi connectivity index (χ3n) is 3.57. The molecule has 2 rings (SSSR count). The molecule has 1 heterocycles. The summed E-state index contributed by atoms with van der Waals surface area (Å²) < 4.78 is 5.47. The van der Waals surface area contributed by atoms with Crippen LogP contribution in [0, 0.1) is 0 Å². The number of hydrogen-bond donors (Lipinski definition) is 2. The highest BCUT2D eigenvalue weighted by atomic mass is 32.1. The maximum absolute atomic E-state index is 11.8. The van der Waals surface area contributed by atoms with Gasteiger partial charge in [-0.1, -0.05) is 0 Å². The Labute approximate surface area is 123 Å². The lowest BCUT2D eigenvalue weighted by molar-refractivity contribution is -0.122. The van der Waals surface area contributed by atoms with Gasteiger partial charge in [0.25, 0.3) is 0 Å². The lowest BCUT2D eigenvalue weighted by Crippen LogP contribution is -2.48. The number of aliphatic hydroxyl groups is 1. The van der Waals surface area contributed by atoms with Gasteiger partial charge in [0, 0.05) is 18.5 Å². The van der Waals surface area contributed by atoms with Gasteiger partial charge in [0.2, 0.25) is 5.91 Å². The number of thiazole rings is 1. The summed E-state index contributed by atoms with van der Waals surface area (Å²) in [6, 6.07) is 0. The van der Waals surface area contributed by atoms with Gasteiger partial charge in [-0.05, 0) is 33.1 Å². The van der Waals surface area contributed by atoms with E-state index < -0.39 is 5.60 Å². The van der Waals surface area contributed by atoms with Crippen LogP contribution in [0.4, 0.5) is 0 Å². The number of ether oxygens (including phenoxy) is 1. The van der Waals surface area contributed by atoms with E-state index >= 15 is 0 Å². The zero-order chi connectivity index (χ0) is 14.6. The standard InChI is InChI=1S/C14H22N2O3S/c1-3-19-10(2)13-16-11(8-20-13)7-12(17)15-9-14(18)5-4-6-14/h8,10,18H,3-7,9H2,1-2H3,(H,15,17). The van der Waals surface area contributed by atoms with Crippen molar-refractivity contribution in [3.8, 4) is 0 Å². The summed E-state index contributed by atoms with van der Waals surface area (Å²) in [4.78, 5) is 16.2. The molecule has 1 saturated carbocycles. The first-order valence-electron chi connectivity index (χ1n) is 7.07. The van der Waals surface area contributed by atoms with Crippen LogP contribution < -0.4 is 5.32 Å². The van der Waals surface area contributed by atoms with Crippen molar-refractivity contribution in [1.29, 1.82) is 0 Å². The fourth-order valence-corrected chi connectivity index (χ4v) is 2.99. The highest BCUT2D eigenvalue weighted by molar-refractivity contribution is 7.09. The second-order valence-electron chi connectivity index (χ2n) is 5.31. The van der Waals surface area contributed by atoms with Gasteiger partial charge < -0.3 is 15.2 Å². The van der Waals surface area contributed by atoms with Crippen molar-refractivity contribution in [2.45, 2.75) is 51.2 Å². The van der Waals surface area contributed by atoms with Crippen molar-refractivity contribution in [3.05, 3.63) is 16.1 Å². The van der Waals surface area contributed by atoms with Crippen LogP contribution in [0.1, 0.15) is 49.9 Å². The zero-order valence-corrected chi connectivity index (χ0v) is 12.8. The first kappa shape index (κ1) is 15.4. The van der Waals surface area contributed by atoms with Gasteiger partial charge in [0.05, 0.1) is 17.7 Å². The largest absolute Gasteiger partial charge is 0.388 e. The average Bonchev–Trinajstić information content (AvgIpc) is 2.83. The first-order chi connectivity index (χ1) is 9.52. The minimum absolute atomic E-state index is 0.0301. The smallest absolute Gasteiger partial charge is 0.226 e. The molecule has 1 aliphatic carbocycles. The SMILES string of the molecule is CCOC(C)c1nc(CC(=O)NCC2(O)CCC2)cs1. The molecule has 20 heavy (non-hydrogen) atoms. The highest BCUT2D eigenvalue weighted by Gasteiger charge is 2.34. The molecular formula is C14H22N2O3S. The Balaban J connectivity index is 1.79. The molecule has 1 amide bonds. The first-order valence-corrected chi connectivity index (χ1v) is 7.95. The van der Waals surface area contributed by atoms with Gasteiger partial charge in [0.1, 0.15) is 11.1 Å². The van der Waals surface area contributed by atoms with E-state index in [9.17, 15) is 9.90 Å². The molecule has 0 radical (unpaired) electrons. The van der Waals surface area contributed by atoms with Crippen LogP contribution in [0.25, 0.3) is 0 Å². The molecule has 1 fully saturated rings. The Morgan fingerprint density at radius 2 is 2.40 bits per heavy atom. The molecule has 6 heteroatoms. The summed E-state index contributed by atoms with van der Waals surface area (Å²) in [5.74, 6) is -0.0914. The molecular weight excluding hydrogens is 276 g/mol. The third-order valence-corrected chi connectivity index (χ3v) is 4.63. The molecule has 0 aromatic carbocycles. The van der Waals surface area contributed by atoms with Crippen LogP contribution in [-0.2, 0) is 16.0 Å². The zero-order valence-electron chi connectivity index (χ0n) is 12.0. The van der Waals surface area contributed by atoms with Gasteiger partial charge in [-0.25, -0.2) is 4.98 Å². The fraction of sp³-hybridized carbons (Fsp3) is 0.714. The molecule has 2 N–H and O–H groups in total. The number of nitrogens with one attached hydrogen (secondary N) is 1. The molecule has 5 nitrogen and oxygen atoms in total. The van der Waals surface area contributed by atoms with Gasteiger partial charge in [-0.2, -0.15) is 0 Å². The van der Waals surface area contributed by atoms with Crippen molar-refractivity contribution in [1.82, 2.24) is 10.3 Å². The fourth-order valence-electron chi connectivity index (χ4n) is 2.16. The Bertz CT molecular complexity index is 457. The summed E-state index contributed by atoms with van der Waals surface area (Å²) in [7, 11) is 0. The number of rotatable bonds is 7. The van der Waals surface area contributed by atoms with E-state index in [0.29, 0.717) is 13.2 Å². The summed E-state index contributed by atoms with van der Waals surface area (Å²) >= 11 is 1.51. The van der Waals surface area contributed by atoms with Gasteiger partial charge in [-0.15, -0.1) is 11.3 Å². The second-order valence-corrected chi connectivity index (χ2v) is 6.20. The molecule has 112 valence electrons. The van der Waals surface area contributed by atoms with Crippen LogP contribution in [0.3, 0.4) is 0 Å². The number of aromatic nitrogens is 1. The van der Waals surface area contributed by atoms with E-state index in [1.807, 2.05) is 19.2 Å². The monoisotopic (exact) mass is 298 g/mol. The van der Waals surface area contributed by atoms with E-state index in [-0.39, 0.29) is 18.4 Å². The van der Waals surface area contributed by atoms with E-state index in [1.54, 1.807) is 0 Å². The highest BCUT2D eigenvalue weighted by Crippen LogP contribution is 2.30. The Morgan fingerprint density at radius 3 is 3.00 bits per heavy atom. The minimum Gasteiger partial charge on any atom is -0.388 e. The van der Waals surface area contributed by atoms with Gasteiger partial charge in [0.15, 0.2) is 0 Å². The van der Waals surface area contributed by atoms with Gasteiger partial charge >= 0.3 is 0 Å². The molecule has 1 aromatic rings. The topological polar surface area (TPSA) is 71.5 Å². The molecule has 1 unspecified atom stereocenters. The van der Waals surface area contributed by atoms with Crippen LogP contribution in [-0.4, -0.2) is 34.8 Å². The van der Waals surface area contributed by atoms with E-state index in [4.69, 9.17) is 4.74 Å². The molecule has 0 bridgehead atoms.